The first-order valence-electron chi connectivity index (χ1n) is 16.0. The fourth-order valence-corrected chi connectivity index (χ4v) is 7.16. The molecular weight excluding hydrogens is 588 g/mol. The first-order valence-corrected chi connectivity index (χ1v) is 16.0. The van der Waals surface area contributed by atoms with E-state index in [1.165, 1.54) is 10.8 Å². The van der Waals surface area contributed by atoms with Gasteiger partial charge in [-0.05, 0) is 84.3 Å². The van der Waals surface area contributed by atoms with Crippen LogP contribution in [0.4, 0.5) is 0 Å². The van der Waals surface area contributed by atoms with Gasteiger partial charge in [-0.25, -0.2) is 0 Å². The van der Waals surface area contributed by atoms with E-state index >= 15 is 0 Å². The fourth-order valence-electron chi connectivity index (χ4n) is 7.16. The number of para-hydroxylation sites is 2. The van der Waals surface area contributed by atoms with Crippen molar-refractivity contribution in [3.63, 3.8) is 0 Å². The van der Waals surface area contributed by atoms with E-state index < -0.39 is 0 Å². The van der Waals surface area contributed by atoms with Crippen LogP contribution in [0.15, 0.2) is 155 Å². The summed E-state index contributed by atoms with van der Waals surface area (Å²) in [6, 6.07) is 42.0. The molecular formula is C44H28N2O2. The van der Waals surface area contributed by atoms with Crippen LogP contribution < -0.4 is 0 Å². The van der Waals surface area contributed by atoms with Crippen molar-refractivity contribution in [1.82, 2.24) is 4.57 Å². The second-order valence-corrected chi connectivity index (χ2v) is 12.0. The van der Waals surface area contributed by atoms with Crippen LogP contribution in [0.3, 0.4) is 0 Å². The minimum absolute atomic E-state index is 0.608. The van der Waals surface area contributed by atoms with Gasteiger partial charge in [-0.3, -0.25) is 0 Å². The maximum absolute atomic E-state index is 9.94. The second-order valence-electron chi connectivity index (χ2n) is 12.0. The van der Waals surface area contributed by atoms with Crippen molar-refractivity contribution < 1.29 is 8.83 Å². The Balaban J connectivity index is 1.28. The Kier molecular flexibility index (Phi) is 6.21. The topological polar surface area (TPSA) is 55.0 Å². The van der Waals surface area contributed by atoms with Crippen molar-refractivity contribution in [2.45, 2.75) is 6.92 Å². The molecule has 6 aromatic carbocycles. The normalized spacial score (nSPS) is 12.4. The minimum atomic E-state index is 0.608. The predicted octanol–water partition coefficient (Wildman–Crippen LogP) is 12.3. The van der Waals surface area contributed by atoms with Crippen molar-refractivity contribution in [3.05, 3.63) is 157 Å². The maximum atomic E-state index is 9.94. The molecule has 226 valence electrons. The van der Waals surface area contributed by atoms with Gasteiger partial charge in [0.1, 0.15) is 22.3 Å². The third kappa shape index (κ3) is 4.15. The zero-order valence-electron chi connectivity index (χ0n) is 26.2. The van der Waals surface area contributed by atoms with Crippen LogP contribution in [0.25, 0.3) is 88.1 Å². The van der Waals surface area contributed by atoms with Crippen molar-refractivity contribution in [2.75, 3.05) is 0 Å². The SMILES string of the molecule is C=C/C=C(\C=C/C)c1ccc2oc3cc4oc5ccc(-c6cc(C#N)ccc6-n6c7ccccc7c7ccccc76)cc5c4cc3c2c1. The van der Waals surface area contributed by atoms with Crippen molar-refractivity contribution >= 4 is 71.3 Å². The lowest BCUT2D eigenvalue weighted by Crippen LogP contribution is -1.98. The van der Waals surface area contributed by atoms with Gasteiger partial charge in [0.2, 0.25) is 0 Å². The summed E-state index contributed by atoms with van der Waals surface area (Å²) in [4.78, 5) is 0. The van der Waals surface area contributed by atoms with E-state index in [4.69, 9.17) is 8.83 Å². The summed E-state index contributed by atoms with van der Waals surface area (Å²) in [5.41, 5.74) is 11.2. The average Bonchev–Trinajstić information content (AvgIpc) is 3.78. The molecule has 48 heavy (non-hydrogen) atoms. The van der Waals surface area contributed by atoms with Crippen LogP contribution in [0.2, 0.25) is 0 Å². The molecule has 0 unspecified atom stereocenters. The maximum Gasteiger partial charge on any atom is 0.139 e. The number of aromatic nitrogens is 1. The summed E-state index contributed by atoms with van der Waals surface area (Å²) in [6.45, 7) is 5.91. The summed E-state index contributed by atoms with van der Waals surface area (Å²) in [7, 11) is 0. The van der Waals surface area contributed by atoms with E-state index in [0.717, 1.165) is 82.9 Å². The van der Waals surface area contributed by atoms with E-state index in [2.05, 4.69) is 108 Å². The van der Waals surface area contributed by atoms with Gasteiger partial charge in [-0.1, -0.05) is 79.4 Å². The first-order chi connectivity index (χ1) is 23.6. The molecule has 4 heteroatoms. The molecule has 9 aromatic rings. The summed E-state index contributed by atoms with van der Waals surface area (Å²) < 4.78 is 15.0. The van der Waals surface area contributed by atoms with Crippen molar-refractivity contribution in [2.24, 2.45) is 0 Å². The van der Waals surface area contributed by atoms with Gasteiger partial charge >= 0.3 is 0 Å². The number of nitriles is 1. The highest BCUT2D eigenvalue weighted by molar-refractivity contribution is 6.16. The number of rotatable bonds is 5. The molecule has 0 amide bonds. The third-order valence-corrected chi connectivity index (χ3v) is 9.30. The Labute approximate surface area is 276 Å². The Bertz CT molecular complexity index is 2830. The predicted molar refractivity (Wildman–Crippen MR) is 198 cm³/mol. The number of hydrogen-bond acceptors (Lipinski definition) is 3. The molecule has 0 fully saturated rings. The smallest absolute Gasteiger partial charge is 0.139 e. The van der Waals surface area contributed by atoms with E-state index in [9.17, 15) is 5.26 Å². The zero-order chi connectivity index (χ0) is 32.4. The molecule has 3 aromatic heterocycles. The van der Waals surface area contributed by atoms with E-state index in [1.54, 1.807) is 0 Å². The van der Waals surface area contributed by atoms with Crippen molar-refractivity contribution in [1.29, 1.82) is 5.26 Å². The lowest BCUT2D eigenvalue weighted by Gasteiger charge is -2.14. The first kappa shape index (κ1) is 27.7. The Morgan fingerprint density at radius 2 is 1.31 bits per heavy atom. The van der Waals surface area contributed by atoms with Gasteiger partial charge in [0.15, 0.2) is 0 Å². The lowest BCUT2D eigenvalue weighted by atomic mass is 9.98. The van der Waals surface area contributed by atoms with E-state index in [1.807, 2.05) is 55.5 Å². The Hall–Kier alpha value is -6.57. The second kappa shape index (κ2) is 10.8. The summed E-state index contributed by atoms with van der Waals surface area (Å²) >= 11 is 0. The van der Waals surface area contributed by atoms with Gasteiger partial charge in [-0.15, -0.1) is 0 Å². The molecule has 0 aliphatic heterocycles. The molecule has 9 rings (SSSR count). The highest BCUT2D eigenvalue weighted by Crippen LogP contribution is 2.41. The summed E-state index contributed by atoms with van der Waals surface area (Å²) in [5.74, 6) is 0. The van der Waals surface area contributed by atoms with Crippen LogP contribution in [0, 0.1) is 11.3 Å². The number of furan rings is 2. The molecule has 0 atom stereocenters. The van der Waals surface area contributed by atoms with Crippen LogP contribution in [0.1, 0.15) is 18.1 Å². The number of allylic oxidation sites excluding steroid dienone is 5. The molecule has 3 heterocycles. The van der Waals surface area contributed by atoms with E-state index in [0.29, 0.717) is 5.56 Å². The molecule has 0 spiro atoms. The van der Waals surface area contributed by atoms with Crippen LogP contribution in [-0.2, 0) is 0 Å². The highest BCUT2D eigenvalue weighted by atomic mass is 16.3. The van der Waals surface area contributed by atoms with Gasteiger partial charge in [0.05, 0.1) is 28.4 Å². The van der Waals surface area contributed by atoms with Crippen LogP contribution >= 0.6 is 0 Å². The number of benzene rings is 6. The van der Waals surface area contributed by atoms with Crippen molar-refractivity contribution in [3.8, 4) is 22.9 Å². The summed E-state index contributed by atoms with van der Waals surface area (Å²) in [5, 5.41) is 16.4. The van der Waals surface area contributed by atoms with Crippen LogP contribution in [0.5, 0.6) is 0 Å². The Morgan fingerprint density at radius 3 is 1.98 bits per heavy atom. The van der Waals surface area contributed by atoms with Crippen LogP contribution in [-0.4, -0.2) is 4.57 Å². The monoisotopic (exact) mass is 616 g/mol. The van der Waals surface area contributed by atoms with Gasteiger partial charge in [0, 0.05) is 43.9 Å². The average molecular weight is 617 g/mol. The van der Waals surface area contributed by atoms with E-state index in [-0.39, 0.29) is 0 Å². The number of nitrogens with zero attached hydrogens (tertiary/aromatic N) is 2. The molecule has 0 saturated heterocycles. The largest absolute Gasteiger partial charge is 0.456 e. The Morgan fingerprint density at radius 1 is 0.667 bits per heavy atom. The van der Waals surface area contributed by atoms with Gasteiger partial charge in [-0.2, -0.15) is 5.26 Å². The van der Waals surface area contributed by atoms with Gasteiger partial charge in [0.25, 0.3) is 0 Å². The number of hydrogen-bond donors (Lipinski definition) is 0. The molecule has 0 aliphatic rings. The number of fused-ring (bicyclic) bond motifs is 9. The molecule has 0 N–H and O–H groups in total. The minimum Gasteiger partial charge on any atom is -0.456 e. The zero-order valence-corrected chi connectivity index (χ0v) is 26.2. The third-order valence-electron chi connectivity index (χ3n) is 9.30. The fraction of sp³-hybridized carbons (Fsp3) is 0.0227. The van der Waals surface area contributed by atoms with Gasteiger partial charge < -0.3 is 13.4 Å². The lowest BCUT2D eigenvalue weighted by molar-refractivity contribution is 0.656. The molecule has 0 aliphatic carbocycles. The quantitative estimate of drug-likeness (QED) is 0.181. The molecule has 0 saturated carbocycles. The molecule has 0 radical (unpaired) electrons. The molecule has 0 bridgehead atoms. The molecule has 4 nitrogen and oxygen atoms in total. The standard InChI is InChI=1S/C44H28N2O2/c1-3-9-28(10-4-2)29-16-19-41-34(22-29)36-24-37-35-23-30(17-20-42(35)48-44(37)25-43(36)47-41)33-21-27(26-45)15-18-40(33)46-38-13-7-5-11-31(38)32-12-6-8-14-39(32)46/h3-25H,1H2,2H3/b10-4-,28-9+. The highest BCUT2D eigenvalue weighted by Gasteiger charge is 2.19. The summed E-state index contributed by atoms with van der Waals surface area (Å²) in [6.07, 6.45) is 7.94.